The highest BCUT2D eigenvalue weighted by Gasteiger charge is 2.45. The Morgan fingerprint density at radius 2 is 2.19 bits per heavy atom. The number of aliphatic hydroxyl groups excluding tert-OH is 2. The second-order valence-corrected chi connectivity index (χ2v) is 4.55. The Balaban J connectivity index is 1.95. The molecule has 110 valence electrons. The summed E-state index contributed by atoms with van der Waals surface area (Å²) in [7, 11) is 0. The van der Waals surface area contributed by atoms with Crippen molar-refractivity contribution in [1.29, 1.82) is 5.53 Å². The maximum absolute atomic E-state index is 10.1. The molecule has 0 radical (unpaired) electrons. The molecule has 11 heteroatoms. The van der Waals surface area contributed by atoms with Crippen molar-refractivity contribution in [3.05, 3.63) is 12.7 Å². The minimum atomic E-state index is -1.19. The first-order valence-electron chi connectivity index (χ1n) is 6.11. The molecule has 1 aliphatic heterocycles. The van der Waals surface area contributed by atoms with Crippen molar-refractivity contribution in [1.82, 2.24) is 24.4 Å². The molecular weight excluding hydrogens is 280 g/mol. The van der Waals surface area contributed by atoms with Crippen LogP contribution in [0.15, 0.2) is 17.8 Å². The first kappa shape index (κ1) is 13.5. The van der Waals surface area contributed by atoms with Crippen LogP contribution in [0.4, 0.5) is 5.82 Å². The second-order valence-electron chi connectivity index (χ2n) is 4.55. The molecule has 2 aromatic rings. The smallest absolute Gasteiger partial charge is 0.214 e. The van der Waals surface area contributed by atoms with Gasteiger partial charge in [0.1, 0.15) is 40.8 Å². The second kappa shape index (κ2) is 5.14. The van der Waals surface area contributed by atoms with E-state index < -0.39 is 24.5 Å². The van der Waals surface area contributed by atoms with E-state index in [0.717, 1.165) is 0 Å². The van der Waals surface area contributed by atoms with E-state index in [0.29, 0.717) is 11.2 Å². The topological polar surface area (TPSA) is 170 Å². The van der Waals surface area contributed by atoms with Crippen LogP contribution in [0.3, 0.4) is 0 Å². The quantitative estimate of drug-likeness (QED) is 0.397. The number of imidazole rings is 1. The third-order valence-corrected chi connectivity index (χ3v) is 3.33. The molecule has 4 atom stereocenters. The maximum atomic E-state index is 10.1. The van der Waals surface area contributed by atoms with Crippen molar-refractivity contribution in [3.63, 3.8) is 0 Å². The van der Waals surface area contributed by atoms with Gasteiger partial charge in [0.15, 0.2) is 24.2 Å². The summed E-state index contributed by atoms with van der Waals surface area (Å²) in [6.45, 7) is -0.0258. The number of nitrogen functional groups attached to an aromatic ring is 1. The lowest BCUT2D eigenvalue weighted by Gasteiger charge is -2.16. The van der Waals surface area contributed by atoms with Crippen molar-refractivity contribution < 1.29 is 14.9 Å². The van der Waals surface area contributed by atoms with Crippen LogP contribution in [0, 0.1) is 5.53 Å². The van der Waals surface area contributed by atoms with Crippen LogP contribution < -0.4 is 10.6 Å². The summed E-state index contributed by atoms with van der Waals surface area (Å²) in [5.74, 6) is 0.214. The van der Waals surface area contributed by atoms with E-state index in [1.165, 1.54) is 17.2 Å². The molecule has 4 unspecified atom stereocenters. The van der Waals surface area contributed by atoms with Crippen molar-refractivity contribution in [2.45, 2.75) is 24.5 Å². The number of nitrogens with two attached hydrogens (primary N) is 1. The van der Waals surface area contributed by atoms with Gasteiger partial charge in [0.05, 0.1) is 6.33 Å². The van der Waals surface area contributed by atoms with E-state index in [1.807, 2.05) is 0 Å². The Labute approximate surface area is 117 Å². The highest BCUT2D eigenvalue weighted by Crippen LogP contribution is 2.31. The van der Waals surface area contributed by atoms with Gasteiger partial charge in [-0.05, 0) is 0 Å². The molecule has 0 saturated carbocycles. The summed E-state index contributed by atoms with van der Waals surface area (Å²) in [4.78, 5) is 14.8. The van der Waals surface area contributed by atoms with E-state index in [2.05, 4.69) is 25.0 Å². The van der Waals surface area contributed by atoms with Crippen LogP contribution in [-0.4, -0.2) is 54.6 Å². The average molecular weight is 293 g/mol. The summed E-state index contributed by atoms with van der Waals surface area (Å²) in [5, 5.41) is 23.5. The average Bonchev–Trinajstić information content (AvgIpc) is 3.02. The van der Waals surface area contributed by atoms with Gasteiger partial charge in [-0.15, -0.1) is 0 Å². The molecule has 1 saturated heterocycles. The molecule has 11 nitrogen and oxygen atoms in total. The molecule has 0 aliphatic carbocycles. The maximum Gasteiger partial charge on any atom is 0.214 e. The Morgan fingerprint density at radius 3 is 2.95 bits per heavy atom. The molecule has 0 amide bonds. The normalized spacial score (nSPS) is 28.7. The lowest BCUT2D eigenvalue weighted by atomic mass is 10.1. The zero-order chi connectivity index (χ0) is 15.0. The third-order valence-electron chi connectivity index (χ3n) is 3.33. The number of hydrogen-bond acceptors (Lipinski definition) is 9. The summed E-state index contributed by atoms with van der Waals surface area (Å²) < 4.78 is 7.04. The summed E-state index contributed by atoms with van der Waals surface area (Å²) in [6, 6.07) is 0. The van der Waals surface area contributed by atoms with E-state index in [9.17, 15) is 10.2 Å². The fourth-order valence-corrected chi connectivity index (χ4v) is 2.29. The Morgan fingerprint density at radius 1 is 1.38 bits per heavy atom. The van der Waals surface area contributed by atoms with E-state index >= 15 is 0 Å². The lowest BCUT2D eigenvalue weighted by Crippen LogP contribution is -2.32. The Hall–Kier alpha value is -2.46. The van der Waals surface area contributed by atoms with E-state index in [1.54, 1.807) is 0 Å². The van der Waals surface area contributed by atoms with Gasteiger partial charge in [0.25, 0.3) is 0 Å². The van der Waals surface area contributed by atoms with Crippen LogP contribution in [0.2, 0.25) is 0 Å². The highest BCUT2D eigenvalue weighted by atomic mass is 16.6. The number of fused-ring (bicyclic) bond motifs is 1. The van der Waals surface area contributed by atoms with E-state index in [-0.39, 0.29) is 12.4 Å². The fraction of sp³-hybridized carbons (Fsp3) is 0.500. The Bertz CT molecular complexity index is 711. The number of aromatic nitrogens is 4. The molecule has 0 bridgehead atoms. The van der Waals surface area contributed by atoms with Crippen LogP contribution in [0.1, 0.15) is 6.23 Å². The molecule has 3 heterocycles. The number of nitrogens with zero attached hydrogens (tertiary/aromatic N) is 6. The predicted molar refractivity (Wildman–Crippen MR) is 67.8 cm³/mol. The highest BCUT2D eigenvalue weighted by molar-refractivity contribution is 5.81. The predicted octanol–water partition coefficient (Wildman–Crippen LogP) is -1.42. The molecule has 0 aromatic carbocycles. The number of nitrogens with one attached hydrogen (secondary N) is 1. The van der Waals surface area contributed by atoms with Crippen LogP contribution in [-0.2, 0) is 4.74 Å². The number of aliphatic hydroxyl groups is 2. The van der Waals surface area contributed by atoms with Crippen molar-refractivity contribution in [2.24, 2.45) is 5.11 Å². The van der Waals surface area contributed by atoms with Crippen LogP contribution in [0.5, 0.6) is 0 Å². The van der Waals surface area contributed by atoms with Crippen molar-refractivity contribution in [3.8, 4) is 0 Å². The van der Waals surface area contributed by atoms with Gasteiger partial charge in [0, 0.05) is 0 Å². The molecule has 1 fully saturated rings. The summed E-state index contributed by atoms with van der Waals surface area (Å²) >= 11 is 0. The molecule has 2 aromatic heterocycles. The van der Waals surface area contributed by atoms with Crippen molar-refractivity contribution >= 4 is 17.0 Å². The van der Waals surface area contributed by atoms with Crippen LogP contribution >= 0.6 is 0 Å². The minimum Gasteiger partial charge on any atom is -0.387 e. The summed E-state index contributed by atoms with van der Waals surface area (Å²) in [6.07, 6.45) is -1.31. The van der Waals surface area contributed by atoms with Gasteiger partial charge in [-0.1, -0.05) is 0 Å². The molecular formula is C10H13N8O3+. The molecule has 5 N–H and O–H groups in total. The number of ether oxygens (including phenoxy) is 1. The van der Waals surface area contributed by atoms with E-state index in [4.69, 9.17) is 16.0 Å². The molecule has 0 spiro atoms. The van der Waals surface area contributed by atoms with Gasteiger partial charge in [0.2, 0.25) is 4.91 Å². The van der Waals surface area contributed by atoms with Crippen LogP contribution in [0.25, 0.3) is 11.2 Å². The lowest BCUT2D eigenvalue weighted by molar-refractivity contribution is -0.0324. The van der Waals surface area contributed by atoms with Gasteiger partial charge in [-0.25, -0.2) is 15.0 Å². The number of hydrogen-bond donors (Lipinski definition) is 4. The third kappa shape index (κ3) is 2.14. The van der Waals surface area contributed by atoms with Gasteiger partial charge in [-0.3, -0.25) is 4.57 Å². The standard InChI is InChI=1S/C10H13N8O3/c11-8-5-9(14-2-13-8)18(3-15-5)10-7(20)6(19)4(21-10)1-16-17-12/h2-4,6-7,10,12,19-20H,1H2,(H2,11,13,14)/q+1. The first-order valence-corrected chi connectivity index (χ1v) is 6.11. The zero-order valence-electron chi connectivity index (χ0n) is 10.7. The largest absolute Gasteiger partial charge is 0.387 e. The zero-order valence-corrected chi connectivity index (χ0v) is 10.7. The van der Waals surface area contributed by atoms with Crippen molar-refractivity contribution in [2.75, 3.05) is 12.3 Å². The number of rotatable bonds is 3. The van der Waals surface area contributed by atoms with Gasteiger partial charge in [-0.2, -0.15) is 0 Å². The minimum absolute atomic E-state index is 0.0258. The first-order chi connectivity index (χ1) is 10.1. The summed E-state index contributed by atoms with van der Waals surface area (Å²) in [5.41, 5.74) is 13.1. The number of anilines is 1. The molecule has 1 aliphatic rings. The monoisotopic (exact) mass is 293 g/mol. The molecule has 21 heavy (non-hydrogen) atoms. The fourth-order valence-electron chi connectivity index (χ4n) is 2.29. The van der Waals surface area contributed by atoms with Gasteiger partial charge < -0.3 is 20.7 Å². The molecule has 3 rings (SSSR count). The Kier molecular flexibility index (Phi) is 3.31. The van der Waals surface area contributed by atoms with Gasteiger partial charge >= 0.3 is 0 Å². The SMILES string of the molecule is N=[N+]=NCC1OC(n2cnc3c(N)ncnc32)C(O)C1O.